The van der Waals surface area contributed by atoms with E-state index in [9.17, 15) is 9.59 Å². The molecule has 0 aliphatic heterocycles. The predicted molar refractivity (Wildman–Crippen MR) is 113 cm³/mol. The molecule has 0 aliphatic rings. The van der Waals surface area contributed by atoms with Crippen molar-refractivity contribution in [1.29, 1.82) is 0 Å². The van der Waals surface area contributed by atoms with Gasteiger partial charge in [-0.2, -0.15) is 0 Å². The quantitative estimate of drug-likeness (QED) is 0.490. The number of rotatable bonds is 5. The van der Waals surface area contributed by atoms with Crippen LogP contribution in [0.3, 0.4) is 0 Å². The lowest BCUT2D eigenvalue weighted by molar-refractivity contribution is -0.131. The molecule has 0 spiro atoms. The van der Waals surface area contributed by atoms with Crippen molar-refractivity contribution in [3.63, 3.8) is 0 Å². The second-order valence-corrected chi connectivity index (χ2v) is 9.07. The summed E-state index contributed by atoms with van der Waals surface area (Å²) in [5.74, 6) is -0.112. The van der Waals surface area contributed by atoms with E-state index in [0.717, 1.165) is 15.3 Å². The number of hydrogen-bond donors (Lipinski definition) is 0. The molecular formula is C19H17N3O2S3. The van der Waals surface area contributed by atoms with Crippen LogP contribution in [-0.4, -0.2) is 27.4 Å². The molecule has 4 aromatic heterocycles. The normalized spacial score (nSPS) is 11.2. The summed E-state index contributed by atoms with van der Waals surface area (Å²) in [6, 6.07) is 6.00. The molecule has 0 aromatic carbocycles. The van der Waals surface area contributed by atoms with Gasteiger partial charge in [0.1, 0.15) is 11.4 Å². The highest BCUT2D eigenvalue weighted by Crippen LogP contribution is 2.33. The molecule has 4 heterocycles. The summed E-state index contributed by atoms with van der Waals surface area (Å²) in [6.45, 7) is 2.57. The number of nitrogens with zero attached hydrogens (tertiary/aromatic N) is 3. The first-order valence-corrected chi connectivity index (χ1v) is 11.0. The van der Waals surface area contributed by atoms with Crippen LogP contribution in [0.5, 0.6) is 0 Å². The number of aromatic nitrogens is 2. The highest BCUT2D eigenvalue weighted by molar-refractivity contribution is 7.18. The number of likely N-dealkylation sites (N-methyl/N-ethyl adjacent to an activating group) is 1. The minimum absolute atomic E-state index is 0.0115. The third kappa shape index (κ3) is 3.47. The van der Waals surface area contributed by atoms with Crippen molar-refractivity contribution < 1.29 is 4.79 Å². The zero-order chi connectivity index (χ0) is 19.0. The summed E-state index contributed by atoms with van der Waals surface area (Å²) >= 11 is 4.68. The van der Waals surface area contributed by atoms with Crippen molar-refractivity contribution in [3.8, 4) is 10.4 Å². The summed E-state index contributed by atoms with van der Waals surface area (Å²) in [5.41, 5.74) is 1.91. The van der Waals surface area contributed by atoms with Crippen molar-refractivity contribution in [2.75, 3.05) is 7.05 Å². The highest BCUT2D eigenvalue weighted by Gasteiger charge is 2.17. The van der Waals surface area contributed by atoms with E-state index in [1.54, 1.807) is 34.6 Å². The standard InChI is InChI=1S/C19H17N3O2S3/c1-12-5-7-26-15(12)8-21(2)16(23)9-22-11-20-18-17(19(22)24)13(10-27-18)14-4-3-6-25-14/h3-7,10-11H,8-9H2,1-2H3. The third-order valence-electron chi connectivity index (χ3n) is 4.43. The Bertz CT molecular complexity index is 1150. The fraction of sp³-hybridized carbons (Fsp3) is 0.211. The van der Waals surface area contributed by atoms with Crippen LogP contribution >= 0.6 is 34.0 Å². The van der Waals surface area contributed by atoms with Crippen LogP contribution in [0, 0.1) is 6.92 Å². The fourth-order valence-electron chi connectivity index (χ4n) is 2.83. The van der Waals surface area contributed by atoms with Crippen LogP contribution in [0.25, 0.3) is 20.7 Å². The molecule has 27 heavy (non-hydrogen) atoms. The molecule has 8 heteroatoms. The van der Waals surface area contributed by atoms with Gasteiger partial charge in [-0.3, -0.25) is 14.2 Å². The number of thiophene rings is 3. The maximum Gasteiger partial charge on any atom is 0.263 e. The number of carbonyl (C=O) groups excluding carboxylic acids is 1. The molecule has 138 valence electrons. The van der Waals surface area contributed by atoms with Crippen molar-refractivity contribution in [3.05, 3.63) is 61.5 Å². The largest absolute Gasteiger partial charge is 0.339 e. The van der Waals surface area contributed by atoms with Crippen molar-refractivity contribution in [2.45, 2.75) is 20.0 Å². The Kier molecular flexibility index (Phi) is 4.94. The Morgan fingerprint density at radius 1 is 1.22 bits per heavy atom. The van der Waals surface area contributed by atoms with E-state index in [1.165, 1.54) is 27.8 Å². The molecule has 0 unspecified atom stereocenters. The van der Waals surface area contributed by atoms with Gasteiger partial charge in [0.05, 0.1) is 18.3 Å². The zero-order valence-corrected chi connectivity index (χ0v) is 17.3. The third-order valence-corrected chi connectivity index (χ3v) is 7.22. The van der Waals surface area contributed by atoms with Gasteiger partial charge in [-0.1, -0.05) is 6.07 Å². The molecule has 0 aliphatic carbocycles. The Morgan fingerprint density at radius 3 is 2.78 bits per heavy atom. The molecule has 4 aromatic rings. The maximum atomic E-state index is 13.0. The van der Waals surface area contributed by atoms with E-state index in [2.05, 4.69) is 4.98 Å². The molecule has 1 amide bonds. The van der Waals surface area contributed by atoms with Gasteiger partial charge >= 0.3 is 0 Å². The van der Waals surface area contributed by atoms with Gasteiger partial charge in [0.25, 0.3) is 5.56 Å². The molecule has 0 saturated heterocycles. The fourth-order valence-corrected chi connectivity index (χ4v) is 5.51. The monoisotopic (exact) mass is 415 g/mol. The first-order chi connectivity index (χ1) is 13.0. The van der Waals surface area contributed by atoms with Crippen molar-refractivity contribution >= 4 is 50.1 Å². The van der Waals surface area contributed by atoms with E-state index >= 15 is 0 Å². The van der Waals surface area contributed by atoms with Gasteiger partial charge in [0.2, 0.25) is 5.91 Å². The van der Waals surface area contributed by atoms with Gasteiger partial charge in [-0.05, 0) is 35.4 Å². The Balaban J connectivity index is 1.61. The minimum atomic E-state index is -0.168. The van der Waals surface area contributed by atoms with Crippen LogP contribution in [0.4, 0.5) is 0 Å². The summed E-state index contributed by atoms with van der Waals surface area (Å²) < 4.78 is 1.41. The molecule has 0 bridgehead atoms. The number of hydrogen-bond acceptors (Lipinski definition) is 6. The van der Waals surface area contributed by atoms with Crippen molar-refractivity contribution in [2.24, 2.45) is 0 Å². The summed E-state index contributed by atoms with van der Waals surface area (Å²) in [6.07, 6.45) is 1.47. The van der Waals surface area contributed by atoms with E-state index in [0.29, 0.717) is 16.8 Å². The molecule has 0 radical (unpaired) electrons. The van der Waals surface area contributed by atoms with Gasteiger partial charge in [-0.25, -0.2) is 4.98 Å². The Hall–Kier alpha value is -2.29. The second kappa shape index (κ2) is 7.38. The number of aryl methyl sites for hydroxylation is 1. The first kappa shape index (κ1) is 18.1. The van der Waals surface area contributed by atoms with Gasteiger partial charge in [0, 0.05) is 27.7 Å². The van der Waals surface area contributed by atoms with Gasteiger partial charge in [0.15, 0.2) is 0 Å². The average Bonchev–Trinajstić information content (AvgIpc) is 3.38. The number of fused-ring (bicyclic) bond motifs is 1. The van der Waals surface area contributed by atoms with Gasteiger partial charge < -0.3 is 4.90 Å². The lowest BCUT2D eigenvalue weighted by atomic mass is 10.2. The zero-order valence-electron chi connectivity index (χ0n) is 14.8. The Morgan fingerprint density at radius 2 is 2.07 bits per heavy atom. The maximum absolute atomic E-state index is 13.0. The second-order valence-electron chi connectivity index (χ2n) is 6.26. The number of amides is 1. The topological polar surface area (TPSA) is 55.2 Å². The average molecular weight is 416 g/mol. The van der Waals surface area contributed by atoms with Crippen LogP contribution in [0.1, 0.15) is 10.4 Å². The Labute approximate surface area is 168 Å². The van der Waals surface area contributed by atoms with Crippen LogP contribution in [-0.2, 0) is 17.9 Å². The van der Waals surface area contributed by atoms with E-state index in [1.807, 2.05) is 41.3 Å². The molecule has 0 atom stereocenters. The van der Waals surface area contributed by atoms with Crippen LogP contribution in [0.15, 0.2) is 45.5 Å². The summed E-state index contributed by atoms with van der Waals surface area (Å²) in [7, 11) is 1.76. The predicted octanol–water partition coefficient (Wildman–Crippen LogP) is 4.22. The highest BCUT2D eigenvalue weighted by atomic mass is 32.1. The van der Waals surface area contributed by atoms with Crippen LogP contribution in [0.2, 0.25) is 0 Å². The number of carbonyl (C=O) groups is 1. The molecule has 0 saturated carbocycles. The smallest absolute Gasteiger partial charge is 0.263 e. The van der Waals surface area contributed by atoms with E-state index in [-0.39, 0.29) is 18.0 Å². The molecule has 0 N–H and O–H groups in total. The molecule has 0 fully saturated rings. The summed E-state index contributed by atoms with van der Waals surface area (Å²) in [5, 5.41) is 6.56. The lowest BCUT2D eigenvalue weighted by Crippen LogP contribution is -2.33. The van der Waals surface area contributed by atoms with Crippen molar-refractivity contribution in [1.82, 2.24) is 14.5 Å². The first-order valence-electron chi connectivity index (χ1n) is 8.32. The lowest BCUT2D eigenvalue weighted by Gasteiger charge is -2.17. The molecule has 4 rings (SSSR count). The summed E-state index contributed by atoms with van der Waals surface area (Å²) in [4.78, 5) is 34.6. The van der Waals surface area contributed by atoms with Crippen LogP contribution < -0.4 is 5.56 Å². The van der Waals surface area contributed by atoms with E-state index in [4.69, 9.17) is 0 Å². The van der Waals surface area contributed by atoms with E-state index < -0.39 is 0 Å². The minimum Gasteiger partial charge on any atom is -0.339 e. The SMILES string of the molecule is Cc1ccsc1CN(C)C(=O)Cn1cnc2scc(-c3cccs3)c2c1=O. The molecular weight excluding hydrogens is 398 g/mol. The molecule has 5 nitrogen and oxygen atoms in total. The van der Waals surface area contributed by atoms with Gasteiger partial charge in [-0.15, -0.1) is 34.0 Å².